The number of rotatable bonds is 5. The maximum atomic E-state index is 14.4. The number of amides is 5. The maximum absolute atomic E-state index is 14.4. The van der Waals surface area contributed by atoms with E-state index in [1.165, 1.54) is 16.9 Å². The molecule has 1 saturated carbocycles. The van der Waals surface area contributed by atoms with Crippen molar-refractivity contribution in [1.29, 1.82) is 0 Å². The van der Waals surface area contributed by atoms with Gasteiger partial charge in [0.05, 0.1) is 25.8 Å². The number of hydrogen-bond acceptors (Lipinski definition) is 12. The number of alkyl carbamates (subject to hydrolysis) is 1. The molecule has 5 aliphatic heterocycles. The Morgan fingerprint density at radius 3 is 2.43 bits per heavy atom. The number of benzene rings is 1. The SMILES string of the molecule is C1COCCN1.CC(C)(C)OC(=O)NC1CCCCCC=CC2CC2(C(=O)N=S(=O)=O)NC(=O)C2CC(OC(=O)N3CCc4ccccc4[C@H]3CN3CCCCC3)CN2C1=O. The molecular weight excluding hydrogens is 807 g/mol. The quantitative estimate of drug-likeness (QED) is 0.363. The highest BCUT2D eigenvalue weighted by Crippen LogP contribution is 2.46. The minimum Gasteiger partial charge on any atom is -0.444 e. The molecule has 6 aliphatic rings. The molecule has 18 heteroatoms. The molecule has 61 heavy (non-hydrogen) atoms. The second-order valence-corrected chi connectivity index (χ2v) is 18.4. The van der Waals surface area contributed by atoms with E-state index >= 15 is 0 Å². The molecule has 5 heterocycles. The number of carbonyl (C=O) groups is 5. The topological polar surface area (TPSA) is 205 Å². The van der Waals surface area contributed by atoms with Crippen LogP contribution in [-0.2, 0) is 45.5 Å². The molecule has 4 fully saturated rings. The summed E-state index contributed by atoms with van der Waals surface area (Å²) >= 11 is 0. The van der Waals surface area contributed by atoms with E-state index in [4.69, 9.17) is 14.2 Å². The van der Waals surface area contributed by atoms with Crippen LogP contribution in [0.2, 0.25) is 0 Å². The van der Waals surface area contributed by atoms with Gasteiger partial charge < -0.3 is 40.0 Å². The number of likely N-dealkylation sites (tertiary alicyclic amines) is 1. The minimum atomic E-state index is -3.03. The Morgan fingerprint density at radius 1 is 1.00 bits per heavy atom. The average Bonchev–Trinajstić information content (AvgIpc) is 3.76. The van der Waals surface area contributed by atoms with Crippen LogP contribution in [0.4, 0.5) is 9.59 Å². The van der Waals surface area contributed by atoms with E-state index in [0.29, 0.717) is 32.4 Å². The van der Waals surface area contributed by atoms with Crippen LogP contribution >= 0.6 is 0 Å². The first-order chi connectivity index (χ1) is 29.2. The highest BCUT2D eigenvalue weighted by atomic mass is 32.2. The van der Waals surface area contributed by atoms with Gasteiger partial charge in [-0.3, -0.25) is 19.3 Å². The van der Waals surface area contributed by atoms with Gasteiger partial charge in [-0.25, -0.2) is 9.59 Å². The number of hydrogen-bond donors (Lipinski definition) is 3. The Kier molecular flexibility index (Phi) is 16.0. The summed E-state index contributed by atoms with van der Waals surface area (Å²) in [6, 6.07) is 5.65. The van der Waals surface area contributed by atoms with Crippen LogP contribution in [0.3, 0.4) is 0 Å². The smallest absolute Gasteiger partial charge is 0.410 e. The summed E-state index contributed by atoms with van der Waals surface area (Å²) in [6.07, 6.45) is 8.65. The van der Waals surface area contributed by atoms with E-state index in [-0.39, 0.29) is 31.8 Å². The molecule has 336 valence electrons. The highest BCUT2D eigenvalue weighted by Gasteiger charge is 2.61. The summed E-state index contributed by atoms with van der Waals surface area (Å²) in [6.45, 7) is 11.9. The number of carbonyl (C=O) groups excluding carboxylic acids is 5. The van der Waals surface area contributed by atoms with E-state index < -0.39 is 75.7 Å². The van der Waals surface area contributed by atoms with Crippen molar-refractivity contribution in [3.63, 3.8) is 0 Å². The van der Waals surface area contributed by atoms with Gasteiger partial charge in [0.2, 0.25) is 11.8 Å². The van der Waals surface area contributed by atoms with Crippen molar-refractivity contribution in [3.05, 3.63) is 47.5 Å². The van der Waals surface area contributed by atoms with Crippen LogP contribution in [0.25, 0.3) is 0 Å². The number of ether oxygens (including phenoxy) is 3. The maximum Gasteiger partial charge on any atom is 0.410 e. The number of nitrogens with one attached hydrogen (secondary N) is 3. The van der Waals surface area contributed by atoms with Crippen molar-refractivity contribution in [1.82, 2.24) is 30.7 Å². The largest absolute Gasteiger partial charge is 0.444 e. The molecule has 0 spiro atoms. The zero-order chi connectivity index (χ0) is 43.6. The zero-order valence-corrected chi connectivity index (χ0v) is 36.6. The summed E-state index contributed by atoms with van der Waals surface area (Å²) < 4.78 is 42.8. The molecule has 7 rings (SSSR count). The molecule has 1 aliphatic carbocycles. The second-order valence-electron chi connectivity index (χ2n) is 17.8. The number of morpholine rings is 1. The van der Waals surface area contributed by atoms with Crippen LogP contribution < -0.4 is 16.0 Å². The van der Waals surface area contributed by atoms with E-state index in [9.17, 15) is 32.4 Å². The third kappa shape index (κ3) is 12.6. The minimum absolute atomic E-state index is 0.0703. The first-order valence-corrected chi connectivity index (χ1v) is 23.0. The Labute approximate surface area is 360 Å². The molecule has 1 aromatic rings. The lowest BCUT2D eigenvalue weighted by molar-refractivity contribution is -0.141. The summed E-state index contributed by atoms with van der Waals surface area (Å²) in [7, 11) is -3.03. The predicted octanol–water partition coefficient (Wildman–Crippen LogP) is 3.66. The van der Waals surface area contributed by atoms with Crippen LogP contribution in [0.1, 0.15) is 102 Å². The highest BCUT2D eigenvalue weighted by molar-refractivity contribution is 7.62. The van der Waals surface area contributed by atoms with Crippen molar-refractivity contribution in [2.24, 2.45) is 10.3 Å². The number of fused-ring (bicyclic) bond motifs is 3. The van der Waals surface area contributed by atoms with E-state index in [2.05, 4.69) is 37.3 Å². The van der Waals surface area contributed by atoms with Crippen molar-refractivity contribution < 1.29 is 46.6 Å². The Balaban J connectivity index is 0.000000953. The van der Waals surface area contributed by atoms with Crippen LogP contribution in [0, 0.1) is 5.92 Å². The Bertz CT molecular complexity index is 1890. The van der Waals surface area contributed by atoms with Crippen molar-refractivity contribution in [2.45, 2.75) is 127 Å². The van der Waals surface area contributed by atoms with Gasteiger partial charge in [0.15, 0.2) is 0 Å². The molecule has 0 radical (unpaired) electrons. The number of allylic oxidation sites excluding steroid dienone is 1. The van der Waals surface area contributed by atoms with Gasteiger partial charge >= 0.3 is 22.7 Å². The zero-order valence-electron chi connectivity index (χ0n) is 35.8. The third-order valence-corrected chi connectivity index (χ3v) is 12.4. The van der Waals surface area contributed by atoms with Gasteiger partial charge in [0.25, 0.3) is 5.91 Å². The summed E-state index contributed by atoms with van der Waals surface area (Å²) in [5, 5.41) is 8.63. The molecule has 0 aromatic heterocycles. The van der Waals surface area contributed by atoms with Gasteiger partial charge in [-0.1, -0.05) is 60.0 Å². The van der Waals surface area contributed by atoms with Crippen molar-refractivity contribution in [2.75, 3.05) is 59.0 Å². The lowest BCUT2D eigenvalue weighted by Crippen LogP contribution is -2.56. The molecule has 5 amide bonds. The van der Waals surface area contributed by atoms with Gasteiger partial charge in [-0.15, -0.1) is 0 Å². The fourth-order valence-electron chi connectivity index (χ4n) is 8.93. The van der Waals surface area contributed by atoms with Gasteiger partial charge in [0, 0.05) is 38.5 Å². The summed E-state index contributed by atoms with van der Waals surface area (Å²) in [5.41, 5.74) is -0.145. The Hall–Kier alpha value is -4.39. The monoisotopic (exact) mass is 869 g/mol. The second kappa shape index (κ2) is 21.1. The van der Waals surface area contributed by atoms with Crippen LogP contribution in [0.15, 0.2) is 40.8 Å². The molecular formula is C43H63N7O10S. The lowest BCUT2D eigenvalue weighted by Gasteiger charge is -2.40. The normalized spacial score (nSPS) is 28.5. The van der Waals surface area contributed by atoms with Crippen LogP contribution in [0.5, 0.6) is 0 Å². The fraction of sp³-hybridized carbons (Fsp3) is 0.698. The molecule has 3 saturated heterocycles. The molecule has 5 unspecified atom stereocenters. The Morgan fingerprint density at radius 2 is 1.74 bits per heavy atom. The van der Waals surface area contributed by atoms with Gasteiger partial charge in [0.1, 0.15) is 29.3 Å². The lowest BCUT2D eigenvalue weighted by atomic mass is 9.92. The first kappa shape index (κ1) is 46.1. The van der Waals surface area contributed by atoms with E-state index in [0.717, 1.165) is 70.6 Å². The van der Waals surface area contributed by atoms with Gasteiger partial charge in [-0.2, -0.15) is 8.42 Å². The molecule has 6 atom stereocenters. The molecule has 17 nitrogen and oxygen atoms in total. The number of piperidine rings is 1. The summed E-state index contributed by atoms with van der Waals surface area (Å²) in [4.78, 5) is 74.4. The number of nitrogens with zero attached hydrogens (tertiary/aromatic N) is 4. The van der Waals surface area contributed by atoms with Crippen molar-refractivity contribution >= 4 is 40.4 Å². The standard InChI is InChI=1S/C39H54N6O9S.C4H9NO/c1-38(2,3)54-36(49)40-30-17-9-6-4-5-8-15-27-23-39(27,35(48)42-55(51)52)41-33(46)31-22-28(24-45(31)34(30)47)53-37(50)44-21-18-26-14-10-11-16-29(26)32(44)25-43-19-12-7-13-20-43;1-3-6-4-2-5-1/h8,10-11,14-16,27-28,30-32H,4-7,9,12-13,17-25H2,1-3H3,(H,40,49)(H,41,46);5H,1-4H2/t27?,28?,30?,31?,32-,39?;/m1./s1. The van der Waals surface area contributed by atoms with Gasteiger partial charge in [-0.05, 0) is 89.9 Å². The third-order valence-electron chi connectivity index (χ3n) is 12.1. The van der Waals surface area contributed by atoms with Crippen LogP contribution in [-0.4, -0.2) is 141 Å². The first-order valence-electron chi connectivity index (χ1n) is 21.9. The molecule has 0 bridgehead atoms. The van der Waals surface area contributed by atoms with E-state index in [1.807, 2.05) is 18.2 Å². The molecule has 3 N–H and O–H groups in total. The summed E-state index contributed by atoms with van der Waals surface area (Å²) in [5.74, 6) is -2.74. The molecule has 1 aromatic carbocycles. The predicted molar refractivity (Wildman–Crippen MR) is 225 cm³/mol. The average molecular weight is 870 g/mol. The van der Waals surface area contributed by atoms with Crippen molar-refractivity contribution in [3.8, 4) is 0 Å². The van der Waals surface area contributed by atoms with E-state index in [1.54, 1.807) is 31.7 Å². The fourth-order valence-corrected chi connectivity index (χ4v) is 9.22.